The van der Waals surface area contributed by atoms with Crippen molar-refractivity contribution in [2.45, 2.75) is 51.6 Å². The van der Waals surface area contributed by atoms with Gasteiger partial charge < -0.3 is 20.1 Å². The van der Waals surface area contributed by atoms with Gasteiger partial charge in [0.15, 0.2) is 0 Å². The molecule has 9 heteroatoms. The number of amides is 1. The topological polar surface area (TPSA) is 80.8 Å². The fraction of sp³-hybridized carbons (Fsp3) is 0.414. The number of halogens is 1. The monoisotopic (exact) mass is 549 g/mol. The number of H-pyrrole nitrogens is 1. The van der Waals surface area contributed by atoms with E-state index in [0.29, 0.717) is 18.5 Å². The highest BCUT2D eigenvalue weighted by Gasteiger charge is 2.31. The van der Waals surface area contributed by atoms with Gasteiger partial charge in [0, 0.05) is 48.6 Å². The number of aromatic amines is 1. The largest absolute Gasteiger partial charge is 0.381 e. The SMILES string of the molecule is CC(Cc1ccc(Cl)s1)Nc1cc[nH]c(=O)c1C1=Nc2cc3c(cc2C1)C(=O)N(CCCN1CCCC1)C3. The Hall–Kier alpha value is -2.94. The van der Waals surface area contributed by atoms with Gasteiger partial charge in [-0.05, 0) is 87.3 Å². The van der Waals surface area contributed by atoms with Crippen LogP contribution in [0.4, 0.5) is 11.4 Å². The van der Waals surface area contributed by atoms with Gasteiger partial charge in [0.1, 0.15) is 0 Å². The van der Waals surface area contributed by atoms with E-state index < -0.39 is 0 Å². The van der Waals surface area contributed by atoms with Crippen molar-refractivity contribution in [1.29, 1.82) is 0 Å². The predicted molar refractivity (Wildman–Crippen MR) is 155 cm³/mol. The molecule has 198 valence electrons. The molecule has 1 saturated heterocycles. The van der Waals surface area contributed by atoms with E-state index in [1.54, 1.807) is 17.5 Å². The van der Waals surface area contributed by atoms with Crippen LogP contribution in [-0.4, -0.2) is 58.6 Å². The molecule has 38 heavy (non-hydrogen) atoms. The molecule has 1 atom stereocenters. The smallest absolute Gasteiger partial charge is 0.259 e. The molecular formula is C29H32ClN5O2S. The summed E-state index contributed by atoms with van der Waals surface area (Å²) in [5.41, 5.74) is 5.57. The number of thiophene rings is 1. The zero-order valence-corrected chi connectivity index (χ0v) is 23.1. The molecule has 6 rings (SSSR count). The number of pyridine rings is 1. The van der Waals surface area contributed by atoms with Gasteiger partial charge in [0.2, 0.25) is 0 Å². The second kappa shape index (κ2) is 10.7. The molecule has 1 unspecified atom stereocenters. The first-order valence-corrected chi connectivity index (χ1v) is 14.6. The molecule has 0 bridgehead atoms. The van der Waals surface area contributed by atoms with Crippen molar-refractivity contribution in [3.05, 3.63) is 78.3 Å². The lowest BCUT2D eigenvalue weighted by molar-refractivity contribution is 0.0772. The van der Waals surface area contributed by atoms with Gasteiger partial charge in [0.25, 0.3) is 11.5 Å². The Bertz CT molecular complexity index is 1460. The lowest BCUT2D eigenvalue weighted by atomic mass is 10.00. The number of rotatable bonds is 9. The van der Waals surface area contributed by atoms with Crippen LogP contribution in [0.5, 0.6) is 0 Å². The molecule has 1 aromatic carbocycles. The maximum absolute atomic E-state index is 13.2. The third-order valence-corrected chi connectivity index (χ3v) is 8.94. The van der Waals surface area contributed by atoms with Crippen molar-refractivity contribution >= 4 is 45.9 Å². The second-order valence-electron chi connectivity index (χ2n) is 10.6. The number of aliphatic imine (C=N–C) groups is 1. The van der Waals surface area contributed by atoms with E-state index in [-0.39, 0.29) is 17.5 Å². The minimum atomic E-state index is -0.166. The van der Waals surface area contributed by atoms with E-state index in [1.807, 2.05) is 35.2 Å². The van der Waals surface area contributed by atoms with Crippen LogP contribution in [0.2, 0.25) is 4.34 Å². The fourth-order valence-corrected chi connectivity index (χ4v) is 7.06. The average molecular weight is 550 g/mol. The summed E-state index contributed by atoms with van der Waals surface area (Å²) < 4.78 is 0.776. The quantitative estimate of drug-likeness (QED) is 0.382. The van der Waals surface area contributed by atoms with Crippen LogP contribution >= 0.6 is 22.9 Å². The summed E-state index contributed by atoms with van der Waals surface area (Å²) in [6, 6.07) is 9.99. The summed E-state index contributed by atoms with van der Waals surface area (Å²) in [6.07, 6.45) is 6.58. The number of fused-ring (bicyclic) bond motifs is 2. The number of hydrogen-bond acceptors (Lipinski definition) is 6. The third kappa shape index (κ3) is 5.17. The molecule has 1 fully saturated rings. The molecule has 7 nitrogen and oxygen atoms in total. The lowest BCUT2D eigenvalue weighted by Gasteiger charge is -2.19. The summed E-state index contributed by atoms with van der Waals surface area (Å²) in [5.74, 6) is 0.111. The zero-order chi connectivity index (χ0) is 26.2. The molecule has 0 saturated carbocycles. The minimum absolute atomic E-state index is 0.104. The highest BCUT2D eigenvalue weighted by atomic mass is 35.5. The molecule has 5 heterocycles. The Labute approximate surface area is 231 Å². The van der Waals surface area contributed by atoms with Crippen molar-refractivity contribution in [2.24, 2.45) is 4.99 Å². The Morgan fingerprint density at radius 2 is 1.97 bits per heavy atom. The average Bonchev–Trinajstić information content (AvgIpc) is 3.67. The first-order chi connectivity index (χ1) is 18.4. The van der Waals surface area contributed by atoms with Crippen molar-refractivity contribution in [3.63, 3.8) is 0 Å². The van der Waals surface area contributed by atoms with Crippen LogP contribution in [0, 0.1) is 0 Å². The molecule has 0 aliphatic carbocycles. The van der Waals surface area contributed by atoms with Gasteiger partial charge in [-0.15, -0.1) is 11.3 Å². The number of hydrogen-bond donors (Lipinski definition) is 2. The van der Waals surface area contributed by atoms with Crippen molar-refractivity contribution in [2.75, 3.05) is 31.5 Å². The second-order valence-corrected chi connectivity index (χ2v) is 12.4. The molecule has 1 amide bonds. The Balaban J connectivity index is 1.17. The zero-order valence-electron chi connectivity index (χ0n) is 21.6. The van der Waals surface area contributed by atoms with E-state index in [9.17, 15) is 9.59 Å². The third-order valence-electron chi connectivity index (χ3n) is 7.69. The summed E-state index contributed by atoms with van der Waals surface area (Å²) in [5, 5.41) is 3.51. The molecule has 3 aliphatic rings. The number of likely N-dealkylation sites (tertiary alicyclic amines) is 1. The lowest BCUT2D eigenvalue weighted by Crippen LogP contribution is -2.29. The van der Waals surface area contributed by atoms with Crippen LogP contribution in [-0.2, 0) is 19.4 Å². The Kier molecular flexibility index (Phi) is 7.12. The highest BCUT2D eigenvalue weighted by molar-refractivity contribution is 7.16. The highest BCUT2D eigenvalue weighted by Crippen LogP contribution is 2.36. The number of nitrogens with one attached hydrogen (secondary N) is 2. The minimum Gasteiger partial charge on any atom is -0.381 e. The van der Waals surface area contributed by atoms with Gasteiger partial charge in [0.05, 0.1) is 27.0 Å². The first-order valence-electron chi connectivity index (χ1n) is 13.4. The van der Waals surface area contributed by atoms with Gasteiger partial charge >= 0.3 is 0 Å². The summed E-state index contributed by atoms with van der Waals surface area (Å²) >= 11 is 7.66. The van der Waals surface area contributed by atoms with Crippen LogP contribution in [0.25, 0.3) is 0 Å². The van der Waals surface area contributed by atoms with Crippen LogP contribution < -0.4 is 10.9 Å². The molecular weight excluding hydrogens is 518 g/mol. The molecule has 2 aromatic heterocycles. The number of carbonyl (C=O) groups excluding carboxylic acids is 1. The maximum Gasteiger partial charge on any atom is 0.259 e. The van der Waals surface area contributed by atoms with Crippen molar-refractivity contribution < 1.29 is 4.79 Å². The Morgan fingerprint density at radius 1 is 1.13 bits per heavy atom. The molecule has 3 aromatic rings. The van der Waals surface area contributed by atoms with Gasteiger partial charge in [-0.1, -0.05) is 11.6 Å². The van der Waals surface area contributed by atoms with Crippen LogP contribution in [0.3, 0.4) is 0 Å². The number of anilines is 1. The van der Waals surface area contributed by atoms with Crippen LogP contribution in [0.1, 0.15) is 58.1 Å². The summed E-state index contributed by atoms with van der Waals surface area (Å²) in [7, 11) is 0. The predicted octanol–water partition coefficient (Wildman–Crippen LogP) is 5.25. The standard InChI is InChI=1S/C29H32ClN5O2S/c1-18(13-21-5-6-26(30)38-21)32-23-7-8-31-28(36)27(23)25-15-19-14-22-20(16-24(19)33-25)17-35(29(22)37)12-4-11-34-9-2-3-10-34/h5-8,14,16,18H,2-4,9-13,15,17H2,1H3,(H2,31,32,36). The number of carbonyl (C=O) groups is 1. The number of nitrogens with zero attached hydrogens (tertiary/aromatic N) is 3. The summed E-state index contributed by atoms with van der Waals surface area (Å²) in [6.45, 7) is 6.95. The van der Waals surface area contributed by atoms with Crippen molar-refractivity contribution in [1.82, 2.24) is 14.8 Å². The van der Waals surface area contributed by atoms with E-state index in [4.69, 9.17) is 16.6 Å². The normalized spacial score (nSPS) is 17.6. The van der Waals surface area contributed by atoms with E-state index in [0.717, 1.165) is 64.0 Å². The van der Waals surface area contributed by atoms with E-state index in [1.165, 1.54) is 30.8 Å². The number of aromatic nitrogens is 1. The molecule has 3 aliphatic heterocycles. The van der Waals surface area contributed by atoms with Gasteiger partial charge in [-0.2, -0.15) is 0 Å². The van der Waals surface area contributed by atoms with Gasteiger partial charge in [-0.3, -0.25) is 14.6 Å². The molecule has 0 radical (unpaired) electrons. The van der Waals surface area contributed by atoms with E-state index >= 15 is 0 Å². The maximum atomic E-state index is 13.2. The summed E-state index contributed by atoms with van der Waals surface area (Å²) in [4.78, 5) is 39.5. The number of benzene rings is 1. The fourth-order valence-electron chi connectivity index (χ4n) is 5.85. The first kappa shape index (κ1) is 25.3. The van der Waals surface area contributed by atoms with Crippen molar-refractivity contribution in [3.8, 4) is 0 Å². The van der Waals surface area contributed by atoms with Gasteiger partial charge in [-0.25, -0.2) is 0 Å². The molecule has 0 spiro atoms. The van der Waals surface area contributed by atoms with Crippen LogP contribution in [0.15, 0.2) is 46.3 Å². The Morgan fingerprint density at radius 3 is 2.76 bits per heavy atom. The van der Waals surface area contributed by atoms with E-state index in [2.05, 4.69) is 22.1 Å². The molecule has 2 N–H and O–H groups in total.